The lowest BCUT2D eigenvalue weighted by atomic mass is 10.1. The number of aromatic nitrogens is 5. The van der Waals surface area contributed by atoms with E-state index in [0.717, 1.165) is 41.2 Å². The number of nitrogens with zero attached hydrogens (tertiary/aromatic N) is 6. The second kappa shape index (κ2) is 8.14. The highest BCUT2D eigenvalue weighted by molar-refractivity contribution is 5.93. The van der Waals surface area contributed by atoms with E-state index in [-0.39, 0.29) is 28.0 Å². The van der Waals surface area contributed by atoms with Gasteiger partial charge in [0, 0.05) is 12.1 Å². The molecule has 1 amide bonds. The van der Waals surface area contributed by atoms with Gasteiger partial charge in [0.25, 0.3) is 11.2 Å². The van der Waals surface area contributed by atoms with Crippen LogP contribution < -0.4 is 10.9 Å². The molecule has 0 fully saturated rings. The van der Waals surface area contributed by atoms with E-state index in [1.54, 1.807) is 0 Å². The molecule has 0 atom stereocenters. The second-order valence-electron chi connectivity index (χ2n) is 6.75. The van der Waals surface area contributed by atoms with Gasteiger partial charge >= 0.3 is 6.18 Å². The Balaban J connectivity index is 1.64. The summed E-state index contributed by atoms with van der Waals surface area (Å²) in [7, 11) is 0. The average Bonchev–Trinajstić information content (AvgIpc) is 3.29. The lowest BCUT2D eigenvalue weighted by Gasteiger charge is -2.15. The van der Waals surface area contributed by atoms with Gasteiger partial charge in [0.1, 0.15) is 19.2 Å². The summed E-state index contributed by atoms with van der Waals surface area (Å²) in [6.45, 7) is -0.564. The molecule has 2 aromatic heterocycles. The third-order valence-electron chi connectivity index (χ3n) is 4.60. The Morgan fingerprint density at radius 1 is 1.15 bits per heavy atom. The molecule has 2 heterocycles. The number of nitro groups is 1. The van der Waals surface area contributed by atoms with Crippen molar-refractivity contribution in [2.24, 2.45) is 0 Å². The van der Waals surface area contributed by atoms with Crippen molar-refractivity contribution < 1.29 is 22.9 Å². The minimum absolute atomic E-state index is 0.0401. The number of hydrogen-bond donors (Lipinski definition) is 1. The molecule has 0 saturated carbocycles. The number of nitro benzene ring substituents is 1. The van der Waals surface area contributed by atoms with Crippen molar-refractivity contribution in [2.75, 3.05) is 5.32 Å². The molecule has 0 spiro atoms. The lowest BCUT2D eigenvalue weighted by Crippen LogP contribution is -2.28. The van der Waals surface area contributed by atoms with E-state index in [2.05, 4.69) is 20.4 Å². The number of non-ortho nitro benzene ring substituents is 1. The number of nitrogens with one attached hydrogen (secondary N) is 1. The normalized spacial score (nSPS) is 11.5. The number of benzene rings is 2. The molecule has 1 N–H and O–H groups in total. The molecule has 0 unspecified atom stereocenters. The third kappa shape index (κ3) is 4.39. The summed E-state index contributed by atoms with van der Waals surface area (Å²) in [5, 5.41) is 17.1. The van der Waals surface area contributed by atoms with Gasteiger partial charge in [-0.3, -0.25) is 24.3 Å². The predicted molar refractivity (Wildman–Crippen MR) is 108 cm³/mol. The van der Waals surface area contributed by atoms with Crippen LogP contribution in [-0.2, 0) is 17.5 Å². The van der Waals surface area contributed by atoms with Crippen LogP contribution in [0.2, 0.25) is 0 Å². The summed E-state index contributed by atoms with van der Waals surface area (Å²) >= 11 is 0. The highest BCUT2D eigenvalue weighted by Crippen LogP contribution is 2.33. The first-order chi connectivity index (χ1) is 15.6. The highest BCUT2D eigenvalue weighted by Gasteiger charge is 2.31. The summed E-state index contributed by atoms with van der Waals surface area (Å²) in [6, 6.07) is 6.17. The van der Waals surface area contributed by atoms with E-state index in [1.807, 2.05) is 0 Å². The van der Waals surface area contributed by atoms with Gasteiger partial charge in [-0.15, -0.1) is 0 Å². The van der Waals surface area contributed by atoms with Gasteiger partial charge in [-0.2, -0.15) is 18.3 Å². The molecular formula is C19H12F3N7O4. The quantitative estimate of drug-likeness (QED) is 0.358. The van der Waals surface area contributed by atoms with E-state index in [0.29, 0.717) is 0 Å². The largest absolute Gasteiger partial charge is 0.416 e. The molecular weight excluding hydrogens is 447 g/mol. The summed E-state index contributed by atoms with van der Waals surface area (Å²) in [6.07, 6.45) is -1.20. The molecule has 11 nitrogen and oxygen atoms in total. The van der Waals surface area contributed by atoms with Crippen molar-refractivity contribution in [3.05, 3.63) is 81.4 Å². The van der Waals surface area contributed by atoms with Gasteiger partial charge in [0.15, 0.2) is 0 Å². The van der Waals surface area contributed by atoms with Crippen LogP contribution in [0, 0.1) is 10.1 Å². The number of rotatable bonds is 5. The topological polar surface area (TPSA) is 138 Å². The van der Waals surface area contributed by atoms with Crippen LogP contribution in [0.4, 0.5) is 24.5 Å². The van der Waals surface area contributed by atoms with Crippen LogP contribution in [0.25, 0.3) is 16.6 Å². The SMILES string of the molecule is O=C(Cn1cnc2cc([N+](=O)[O-])ccc2c1=O)Nc1cc(C(F)(F)F)ccc1-n1cncn1. The molecule has 4 aromatic rings. The van der Waals surface area contributed by atoms with Gasteiger partial charge in [-0.25, -0.2) is 14.6 Å². The summed E-state index contributed by atoms with van der Waals surface area (Å²) in [4.78, 5) is 43.2. The average molecular weight is 459 g/mol. The molecule has 0 aliphatic rings. The zero-order chi connectivity index (χ0) is 23.8. The minimum Gasteiger partial charge on any atom is -0.323 e. The summed E-state index contributed by atoms with van der Waals surface area (Å²) in [5.41, 5.74) is -1.89. The van der Waals surface area contributed by atoms with Gasteiger partial charge in [0.05, 0.1) is 39.1 Å². The Bertz CT molecular complexity index is 1430. The van der Waals surface area contributed by atoms with Crippen LogP contribution in [0.5, 0.6) is 0 Å². The standard InChI is InChI=1S/C19H12F3N7O4/c20-19(21,22)11-1-4-16(28-9-23-8-25-28)15(5-11)26-17(30)7-27-10-24-14-6-12(29(32)33)2-3-13(14)18(27)31/h1-6,8-10H,7H2,(H,26,30). The fraction of sp³-hybridized carbons (Fsp3) is 0.105. The first-order valence-electron chi connectivity index (χ1n) is 9.13. The number of carbonyl (C=O) groups excluding carboxylic acids is 1. The number of fused-ring (bicyclic) bond motifs is 1. The second-order valence-corrected chi connectivity index (χ2v) is 6.75. The summed E-state index contributed by atoms with van der Waals surface area (Å²) < 4.78 is 41.6. The number of anilines is 1. The number of alkyl halides is 3. The lowest BCUT2D eigenvalue weighted by molar-refractivity contribution is -0.384. The van der Waals surface area contributed by atoms with E-state index >= 15 is 0 Å². The molecule has 4 rings (SSSR count). The zero-order valence-electron chi connectivity index (χ0n) is 16.4. The molecule has 0 aliphatic heterocycles. The van der Waals surface area contributed by atoms with Gasteiger partial charge in [0.2, 0.25) is 5.91 Å². The van der Waals surface area contributed by atoms with Crippen LogP contribution in [0.3, 0.4) is 0 Å². The third-order valence-corrected chi connectivity index (χ3v) is 4.60. The van der Waals surface area contributed by atoms with E-state index < -0.39 is 34.7 Å². The number of halogens is 3. The van der Waals surface area contributed by atoms with Crippen molar-refractivity contribution in [3.8, 4) is 5.69 Å². The predicted octanol–water partition coefficient (Wildman–Crippen LogP) is 2.54. The van der Waals surface area contributed by atoms with Crippen molar-refractivity contribution in [2.45, 2.75) is 12.7 Å². The van der Waals surface area contributed by atoms with Crippen molar-refractivity contribution in [1.29, 1.82) is 0 Å². The first kappa shape index (κ1) is 21.6. The maximum Gasteiger partial charge on any atom is 0.416 e. The summed E-state index contributed by atoms with van der Waals surface area (Å²) in [5.74, 6) is -0.805. The Morgan fingerprint density at radius 2 is 1.94 bits per heavy atom. The van der Waals surface area contributed by atoms with Gasteiger partial charge < -0.3 is 5.32 Å². The molecule has 0 saturated heterocycles. The van der Waals surface area contributed by atoms with Crippen molar-refractivity contribution >= 4 is 28.2 Å². The fourth-order valence-corrected chi connectivity index (χ4v) is 3.06. The molecule has 168 valence electrons. The molecule has 14 heteroatoms. The number of hydrogen-bond acceptors (Lipinski definition) is 7. The number of amides is 1. The van der Waals surface area contributed by atoms with Crippen molar-refractivity contribution in [1.82, 2.24) is 24.3 Å². The Hall–Kier alpha value is -4.62. The maximum atomic E-state index is 13.2. The van der Waals surface area contributed by atoms with Crippen LogP contribution in [-0.4, -0.2) is 35.1 Å². The monoisotopic (exact) mass is 459 g/mol. The van der Waals surface area contributed by atoms with Crippen LogP contribution in [0.1, 0.15) is 5.56 Å². The Morgan fingerprint density at radius 3 is 2.61 bits per heavy atom. The maximum absolute atomic E-state index is 13.2. The molecule has 2 aromatic carbocycles. The zero-order valence-corrected chi connectivity index (χ0v) is 16.4. The van der Waals surface area contributed by atoms with E-state index in [1.165, 1.54) is 23.4 Å². The minimum atomic E-state index is -4.65. The Labute approximate surface area is 181 Å². The van der Waals surface area contributed by atoms with Gasteiger partial charge in [-0.1, -0.05) is 0 Å². The Kier molecular flexibility index (Phi) is 5.33. The van der Waals surface area contributed by atoms with Crippen LogP contribution in [0.15, 0.2) is 60.2 Å². The fourth-order valence-electron chi connectivity index (χ4n) is 3.06. The number of carbonyl (C=O) groups is 1. The van der Waals surface area contributed by atoms with Crippen LogP contribution >= 0.6 is 0 Å². The first-order valence-corrected chi connectivity index (χ1v) is 9.13. The van der Waals surface area contributed by atoms with Gasteiger partial charge in [-0.05, 0) is 24.3 Å². The molecule has 33 heavy (non-hydrogen) atoms. The van der Waals surface area contributed by atoms with E-state index in [4.69, 9.17) is 0 Å². The van der Waals surface area contributed by atoms with E-state index in [9.17, 15) is 32.9 Å². The molecule has 0 radical (unpaired) electrons. The molecule has 0 aliphatic carbocycles. The molecule has 0 bridgehead atoms. The van der Waals surface area contributed by atoms with Crippen molar-refractivity contribution in [3.63, 3.8) is 0 Å². The smallest absolute Gasteiger partial charge is 0.323 e. The highest BCUT2D eigenvalue weighted by atomic mass is 19.4.